The molecule has 0 aliphatic rings. The lowest BCUT2D eigenvalue weighted by Crippen LogP contribution is -1.80. The third kappa shape index (κ3) is 1.71. The summed E-state index contributed by atoms with van der Waals surface area (Å²) in [5, 5.41) is 11.4. The van der Waals surface area contributed by atoms with E-state index in [1.165, 1.54) is 0 Å². The normalized spacial score (nSPS) is 10.9. The quantitative estimate of drug-likeness (QED) is 0.667. The zero-order valence-electron chi connectivity index (χ0n) is 9.17. The van der Waals surface area contributed by atoms with Crippen LogP contribution in [0.5, 0.6) is 0 Å². The van der Waals surface area contributed by atoms with Gasteiger partial charge in [0, 0.05) is 12.1 Å². The smallest absolute Gasteiger partial charge is 0.280 e. The number of aryl methyl sites for hydroxylation is 2. The molecule has 3 aromatic rings. The molecule has 86 valence electrons. The van der Waals surface area contributed by atoms with Crippen LogP contribution in [-0.4, -0.2) is 20.5 Å². The van der Waals surface area contributed by atoms with E-state index in [9.17, 15) is 0 Å². The molecule has 3 heterocycles. The van der Waals surface area contributed by atoms with E-state index in [1.54, 1.807) is 26.0 Å². The van der Waals surface area contributed by atoms with E-state index in [-0.39, 0.29) is 5.89 Å². The SMILES string of the molecule is Cc1cc(-c2noc(-c3cc(C)on3)n2)no1. The Labute approximate surface area is 95.4 Å². The predicted octanol–water partition coefficient (Wildman–Crippen LogP) is 2.00. The molecule has 17 heavy (non-hydrogen) atoms. The molecule has 0 bridgehead atoms. The monoisotopic (exact) mass is 232 g/mol. The molecule has 0 radical (unpaired) electrons. The van der Waals surface area contributed by atoms with Crippen molar-refractivity contribution in [2.75, 3.05) is 0 Å². The van der Waals surface area contributed by atoms with Crippen molar-refractivity contribution in [2.24, 2.45) is 0 Å². The van der Waals surface area contributed by atoms with Crippen LogP contribution in [0.3, 0.4) is 0 Å². The van der Waals surface area contributed by atoms with Crippen LogP contribution >= 0.6 is 0 Å². The summed E-state index contributed by atoms with van der Waals surface area (Å²) in [6, 6.07) is 3.44. The minimum atomic E-state index is 0.289. The second-order valence-corrected chi connectivity index (χ2v) is 3.57. The molecule has 0 unspecified atom stereocenters. The first-order chi connectivity index (χ1) is 8.22. The average Bonchev–Trinajstić information content (AvgIpc) is 2.96. The molecule has 0 saturated heterocycles. The Morgan fingerprint density at radius 2 is 1.47 bits per heavy atom. The van der Waals surface area contributed by atoms with E-state index >= 15 is 0 Å². The van der Waals surface area contributed by atoms with Gasteiger partial charge in [0.15, 0.2) is 11.4 Å². The van der Waals surface area contributed by atoms with Crippen LogP contribution in [-0.2, 0) is 0 Å². The molecule has 0 aromatic carbocycles. The first-order valence-electron chi connectivity index (χ1n) is 4.93. The molecule has 0 fully saturated rings. The highest BCUT2D eigenvalue weighted by atomic mass is 16.5. The number of aromatic nitrogens is 4. The molecular formula is C10H8N4O3. The Kier molecular flexibility index (Phi) is 2.04. The summed E-state index contributed by atoms with van der Waals surface area (Å²) in [6.07, 6.45) is 0. The van der Waals surface area contributed by atoms with Gasteiger partial charge in [-0.3, -0.25) is 0 Å². The number of hydrogen-bond acceptors (Lipinski definition) is 7. The van der Waals surface area contributed by atoms with Gasteiger partial charge in [-0.15, -0.1) is 0 Å². The highest BCUT2D eigenvalue weighted by Gasteiger charge is 2.16. The van der Waals surface area contributed by atoms with Gasteiger partial charge in [-0.25, -0.2) is 0 Å². The zero-order chi connectivity index (χ0) is 11.8. The topological polar surface area (TPSA) is 91.0 Å². The lowest BCUT2D eigenvalue weighted by Gasteiger charge is -1.80. The van der Waals surface area contributed by atoms with Crippen LogP contribution in [0.2, 0.25) is 0 Å². The van der Waals surface area contributed by atoms with Crippen molar-refractivity contribution in [1.82, 2.24) is 20.5 Å². The lowest BCUT2D eigenvalue weighted by molar-refractivity contribution is 0.389. The van der Waals surface area contributed by atoms with Crippen molar-refractivity contribution < 1.29 is 13.6 Å². The summed E-state index contributed by atoms with van der Waals surface area (Å²) in [6.45, 7) is 3.58. The summed E-state index contributed by atoms with van der Waals surface area (Å²) in [4.78, 5) is 4.15. The number of nitrogens with zero attached hydrogens (tertiary/aromatic N) is 4. The van der Waals surface area contributed by atoms with Crippen LogP contribution < -0.4 is 0 Å². The number of hydrogen-bond donors (Lipinski definition) is 0. The van der Waals surface area contributed by atoms with Crippen LogP contribution in [0.1, 0.15) is 11.5 Å². The zero-order valence-corrected chi connectivity index (χ0v) is 9.17. The Morgan fingerprint density at radius 1 is 0.824 bits per heavy atom. The standard InChI is InChI=1S/C10H8N4O3/c1-5-3-7(12-15-5)9-11-10(17-14-9)8-4-6(2)16-13-8/h3-4H,1-2H3. The molecular weight excluding hydrogens is 224 g/mol. The predicted molar refractivity (Wildman–Crippen MR) is 54.8 cm³/mol. The largest absolute Gasteiger partial charge is 0.361 e. The Bertz CT molecular complexity index is 597. The van der Waals surface area contributed by atoms with Gasteiger partial charge >= 0.3 is 0 Å². The van der Waals surface area contributed by atoms with Crippen LogP contribution in [0, 0.1) is 13.8 Å². The van der Waals surface area contributed by atoms with E-state index in [4.69, 9.17) is 13.6 Å². The molecule has 0 saturated carbocycles. The fourth-order valence-electron chi connectivity index (χ4n) is 1.37. The van der Waals surface area contributed by atoms with E-state index in [0.717, 1.165) is 0 Å². The van der Waals surface area contributed by atoms with Crippen molar-refractivity contribution in [3.05, 3.63) is 23.7 Å². The first kappa shape index (κ1) is 9.76. The Hall–Kier alpha value is -2.44. The second-order valence-electron chi connectivity index (χ2n) is 3.57. The van der Waals surface area contributed by atoms with E-state index in [0.29, 0.717) is 28.7 Å². The third-order valence-electron chi connectivity index (χ3n) is 2.13. The minimum absolute atomic E-state index is 0.289. The third-order valence-corrected chi connectivity index (χ3v) is 2.13. The summed E-state index contributed by atoms with van der Waals surface area (Å²) >= 11 is 0. The van der Waals surface area contributed by atoms with Crippen molar-refractivity contribution in [1.29, 1.82) is 0 Å². The van der Waals surface area contributed by atoms with Gasteiger partial charge in [-0.2, -0.15) is 4.98 Å². The van der Waals surface area contributed by atoms with Gasteiger partial charge in [-0.05, 0) is 13.8 Å². The second kappa shape index (κ2) is 3.55. The molecule has 0 amide bonds. The first-order valence-corrected chi connectivity index (χ1v) is 4.93. The molecule has 0 N–H and O–H groups in total. The van der Waals surface area contributed by atoms with Crippen molar-refractivity contribution in [3.63, 3.8) is 0 Å². The molecule has 0 spiro atoms. The maximum atomic E-state index is 5.06. The van der Waals surface area contributed by atoms with Crippen molar-refractivity contribution in [3.8, 4) is 23.1 Å². The summed E-state index contributed by atoms with van der Waals surface area (Å²) in [5.74, 6) is 2.01. The molecule has 3 aromatic heterocycles. The van der Waals surface area contributed by atoms with Crippen molar-refractivity contribution >= 4 is 0 Å². The molecule has 7 nitrogen and oxygen atoms in total. The van der Waals surface area contributed by atoms with Crippen LogP contribution in [0.4, 0.5) is 0 Å². The van der Waals surface area contributed by atoms with E-state index in [2.05, 4.69) is 20.5 Å². The van der Waals surface area contributed by atoms with Gasteiger partial charge in [0.2, 0.25) is 5.82 Å². The molecule has 3 rings (SSSR count). The molecule has 0 aliphatic heterocycles. The van der Waals surface area contributed by atoms with Crippen LogP contribution in [0.25, 0.3) is 23.1 Å². The molecule has 0 atom stereocenters. The van der Waals surface area contributed by atoms with Gasteiger partial charge in [0.05, 0.1) is 0 Å². The molecule has 7 heteroatoms. The van der Waals surface area contributed by atoms with E-state index < -0.39 is 0 Å². The highest BCUT2D eigenvalue weighted by molar-refractivity contribution is 5.53. The van der Waals surface area contributed by atoms with Crippen LogP contribution in [0.15, 0.2) is 25.7 Å². The average molecular weight is 232 g/mol. The van der Waals surface area contributed by atoms with Gasteiger partial charge in [-0.1, -0.05) is 15.5 Å². The Balaban J connectivity index is 1.98. The summed E-state index contributed by atoms with van der Waals surface area (Å²) in [5.41, 5.74) is 1.03. The minimum Gasteiger partial charge on any atom is -0.361 e. The summed E-state index contributed by atoms with van der Waals surface area (Å²) < 4.78 is 14.9. The van der Waals surface area contributed by atoms with Crippen molar-refractivity contribution in [2.45, 2.75) is 13.8 Å². The fraction of sp³-hybridized carbons (Fsp3) is 0.200. The maximum Gasteiger partial charge on any atom is 0.280 e. The fourth-order valence-corrected chi connectivity index (χ4v) is 1.37. The molecule has 0 aliphatic carbocycles. The van der Waals surface area contributed by atoms with Gasteiger partial charge < -0.3 is 13.6 Å². The number of rotatable bonds is 2. The summed E-state index contributed by atoms with van der Waals surface area (Å²) in [7, 11) is 0. The van der Waals surface area contributed by atoms with E-state index in [1.807, 2.05) is 0 Å². The van der Waals surface area contributed by atoms with Gasteiger partial charge in [0.1, 0.15) is 11.5 Å². The maximum absolute atomic E-state index is 5.06. The lowest BCUT2D eigenvalue weighted by atomic mass is 10.3. The Morgan fingerprint density at radius 3 is 2.06 bits per heavy atom. The van der Waals surface area contributed by atoms with Gasteiger partial charge in [0.25, 0.3) is 5.89 Å². The highest BCUT2D eigenvalue weighted by Crippen LogP contribution is 2.21.